The molecule has 0 atom stereocenters. The van der Waals surface area contributed by atoms with Crippen LogP contribution in [-0.4, -0.2) is 26.9 Å². The number of nitrogens with one attached hydrogen (secondary N) is 2. The Bertz CT molecular complexity index is 1030. The molecular formula is C19H17N5O5. The lowest BCUT2D eigenvalue weighted by Gasteiger charge is -2.05. The zero-order valence-electron chi connectivity index (χ0n) is 15.4. The summed E-state index contributed by atoms with van der Waals surface area (Å²) in [5, 5.41) is 23.5. The van der Waals surface area contributed by atoms with Gasteiger partial charge in [-0.3, -0.25) is 25.0 Å². The van der Waals surface area contributed by atoms with E-state index in [1.807, 2.05) is 6.92 Å². The van der Waals surface area contributed by atoms with Gasteiger partial charge >= 0.3 is 6.01 Å². The number of hydrogen-bond donors (Lipinski definition) is 2. The Labute approximate surface area is 165 Å². The predicted octanol–water partition coefficient (Wildman–Crippen LogP) is 3.64. The predicted molar refractivity (Wildman–Crippen MR) is 104 cm³/mol. The van der Waals surface area contributed by atoms with Gasteiger partial charge in [-0.1, -0.05) is 12.0 Å². The second kappa shape index (κ2) is 8.74. The molecule has 0 saturated heterocycles. The van der Waals surface area contributed by atoms with E-state index in [-0.39, 0.29) is 23.5 Å². The van der Waals surface area contributed by atoms with Crippen molar-refractivity contribution in [1.82, 2.24) is 10.2 Å². The molecule has 1 aromatic heterocycles. The van der Waals surface area contributed by atoms with Crippen LogP contribution in [-0.2, 0) is 4.79 Å². The van der Waals surface area contributed by atoms with Crippen molar-refractivity contribution in [2.24, 2.45) is 0 Å². The molecule has 0 saturated carbocycles. The molecule has 29 heavy (non-hydrogen) atoms. The molecule has 0 aliphatic carbocycles. The van der Waals surface area contributed by atoms with Crippen molar-refractivity contribution < 1.29 is 18.9 Å². The van der Waals surface area contributed by atoms with Crippen LogP contribution in [0.3, 0.4) is 0 Å². The fourth-order valence-corrected chi connectivity index (χ4v) is 2.44. The summed E-state index contributed by atoms with van der Waals surface area (Å²) >= 11 is 0. The first-order valence-corrected chi connectivity index (χ1v) is 8.76. The number of nitrogens with zero attached hydrogens (tertiary/aromatic N) is 3. The molecule has 0 spiro atoms. The van der Waals surface area contributed by atoms with E-state index in [1.54, 1.807) is 24.3 Å². The van der Waals surface area contributed by atoms with Crippen molar-refractivity contribution >= 4 is 29.2 Å². The highest BCUT2D eigenvalue weighted by molar-refractivity contribution is 6.03. The second-order valence-corrected chi connectivity index (χ2v) is 6.05. The number of rotatable bonds is 7. The number of amides is 2. The van der Waals surface area contributed by atoms with Gasteiger partial charge in [0.1, 0.15) is 0 Å². The summed E-state index contributed by atoms with van der Waals surface area (Å²) in [4.78, 5) is 34.1. The van der Waals surface area contributed by atoms with Crippen molar-refractivity contribution in [3.8, 4) is 11.5 Å². The standard InChI is InChI=1S/C19H17N5O5/c1-2-3-16(25)20-14-8-4-12(5-9-14)17(26)21-19-23-22-18(29-19)13-6-10-15(11-7-13)24(27)28/h4-11H,2-3H2,1H3,(H,20,25)(H,21,23,26). The Kier molecular flexibility index (Phi) is 5.93. The lowest BCUT2D eigenvalue weighted by atomic mass is 10.2. The maximum absolute atomic E-state index is 12.3. The summed E-state index contributed by atoms with van der Waals surface area (Å²) in [5.74, 6) is -0.436. The van der Waals surface area contributed by atoms with E-state index >= 15 is 0 Å². The van der Waals surface area contributed by atoms with E-state index in [9.17, 15) is 19.7 Å². The smallest absolute Gasteiger partial charge is 0.322 e. The molecule has 0 radical (unpaired) electrons. The molecule has 10 nitrogen and oxygen atoms in total. The van der Waals surface area contributed by atoms with Gasteiger partial charge in [0.05, 0.1) is 4.92 Å². The van der Waals surface area contributed by atoms with E-state index in [1.165, 1.54) is 24.3 Å². The average molecular weight is 395 g/mol. The summed E-state index contributed by atoms with van der Waals surface area (Å²) in [7, 11) is 0. The Hall–Kier alpha value is -4.08. The largest absolute Gasteiger partial charge is 0.403 e. The first-order chi connectivity index (χ1) is 14.0. The molecule has 0 fully saturated rings. The van der Waals surface area contributed by atoms with Crippen LogP contribution in [0.1, 0.15) is 30.1 Å². The monoisotopic (exact) mass is 395 g/mol. The van der Waals surface area contributed by atoms with Crippen LogP contribution in [0.25, 0.3) is 11.5 Å². The van der Waals surface area contributed by atoms with Crippen molar-refractivity contribution in [2.45, 2.75) is 19.8 Å². The fourth-order valence-electron chi connectivity index (χ4n) is 2.44. The number of nitro groups is 1. The highest BCUT2D eigenvalue weighted by Crippen LogP contribution is 2.23. The Morgan fingerprint density at radius 1 is 1.03 bits per heavy atom. The molecule has 0 unspecified atom stereocenters. The van der Waals surface area contributed by atoms with Crippen LogP contribution in [0, 0.1) is 10.1 Å². The molecule has 3 aromatic rings. The second-order valence-electron chi connectivity index (χ2n) is 6.05. The number of carbonyl (C=O) groups excluding carboxylic acids is 2. The van der Waals surface area contributed by atoms with E-state index in [0.717, 1.165) is 6.42 Å². The van der Waals surface area contributed by atoms with Gasteiger partial charge in [0.15, 0.2) is 0 Å². The molecule has 3 rings (SSSR count). The van der Waals surface area contributed by atoms with E-state index in [0.29, 0.717) is 23.2 Å². The molecule has 1 heterocycles. The first kappa shape index (κ1) is 19.7. The van der Waals surface area contributed by atoms with Crippen LogP contribution >= 0.6 is 0 Å². The SMILES string of the molecule is CCCC(=O)Nc1ccc(C(=O)Nc2nnc(-c3ccc([N+](=O)[O-])cc3)o2)cc1. The number of anilines is 2. The van der Waals surface area contributed by atoms with E-state index in [4.69, 9.17) is 4.42 Å². The average Bonchev–Trinajstić information content (AvgIpc) is 3.17. The Morgan fingerprint density at radius 3 is 2.34 bits per heavy atom. The van der Waals surface area contributed by atoms with Gasteiger partial charge in [-0.2, -0.15) is 0 Å². The molecular weight excluding hydrogens is 378 g/mol. The number of benzene rings is 2. The number of carbonyl (C=O) groups is 2. The number of nitro benzene ring substituents is 1. The quantitative estimate of drug-likeness (QED) is 0.459. The molecule has 0 bridgehead atoms. The van der Waals surface area contributed by atoms with Gasteiger partial charge in [0.2, 0.25) is 11.8 Å². The summed E-state index contributed by atoms with van der Waals surface area (Å²) in [5.41, 5.74) is 1.36. The van der Waals surface area contributed by atoms with Gasteiger partial charge < -0.3 is 9.73 Å². The van der Waals surface area contributed by atoms with Crippen LogP contribution < -0.4 is 10.6 Å². The topological polar surface area (TPSA) is 140 Å². The van der Waals surface area contributed by atoms with Crippen LogP contribution in [0.4, 0.5) is 17.4 Å². The van der Waals surface area contributed by atoms with Crippen LogP contribution in [0.15, 0.2) is 52.9 Å². The van der Waals surface area contributed by atoms with E-state index < -0.39 is 10.8 Å². The molecule has 148 valence electrons. The maximum atomic E-state index is 12.3. The van der Waals surface area contributed by atoms with Gasteiger partial charge in [-0.15, -0.1) is 5.10 Å². The van der Waals surface area contributed by atoms with Crippen molar-refractivity contribution in [1.29, 1.82) is 0 Å². The third kappa shape index (κ3) is 5.01. The minimum Gasteiger partial charge on any atom is -0.403 e. The minimum absolute atomic E-state index is 0.0591. The fraction of sp³-hybridized carbons (Fsp3) is 0.158. The lowest BCUT2D eigenvalue weighted by Crippen LogP contribution is -2.13. The zero-order chi connectivity index (χ0) is 20.8. The molecule has 2 amide bonds. The van der Waals surface area contributed by atoms with Gasteiger partial charge in [-0.25, -0.2) is 0 Å². The summed E-state index contributed by atoms with van der Waals surface area (Å²) in [6.45, 7) is 1.91. The first-order valence-electron chi connectivity index (χ1n) is 8.76. The van der Waals surface area contributed by atoms with Crippen molar-refractivity contribution in [3.63, 3.8) is 0 Å². The van der Waals surface area contributed by atoms with E-state index in [2.05, 4.69) is 20.8 Å². The highest BCUT2D eigenvalue weighted by Gasteiger charge is 2.14. The lowest BCUT2D eigenvalue weighted by molar-refractivity contribution is -0.384. The molecule has 0 aliphatic rings. The third-order valence-corrected chi connectivity index (χ3v) is 3.88. The third-order valence-electron chi connectivity index (χ3n) is 3.88. The number of aromatic nitrogens is 2. The summed E-state index contributed by atoms with van der Waals surface area (Å²) in [6, 6.07) is 11.8. The molecule has 0 aliphatic heterocycles. The normalized spacial score (nSPS) is 10.4. The van der Waals surface area contributed by atoms with Gasteiger partial charge in [0.25, 0.3) is 11.6 Å². The zero-order valence-corrected chi connectivity index (χ0v) is 15.4. The number of hydrogen-bond acceptors (Lipinski definition) is 7. The van der Waals surface area contributed by atoms with Gasteiger partial charge in [-0.05, 0) is 42.8 Å². The summed E-state index contributed by atoms with van der Waals surface area (Å²) in [6.07, 6.45) is 1.18. The highest BCUT2D eigenvalue weighted by atomic mass is 16.6. The molecule has 10 heteroatoms. The molecule has 2 aromatic carbocycles. The van der Waals surface area contributed by atoms with Crippen molar-refractivity contribution in [2.75, 3.05) is 10.6 Å². The van der Waals surface area contributed by atoms with Gasteiger partial charge in [0, 0.05) is 35.4 Å². The number of non-ortho nitro benzene ring substituents is 1. The van der Waals surface area contributed by atoms with Crippen LogP contribution in [0.5, 0.6) is 0 Å². The minimum atomic E-state index is -0.510. The maximum Gasteiger partial charge on any atom is 0.322 e. The van der Waals surface area contributed by atoms with Crippen molar-refractivity contribution in [3.05, 3.63) is 64.2 Å². The Balaban J connectivity index is 1.64. The Morgan fingerprint density at radius 2 is 1.72 bits per heavy atom. The summed E-state index contributed by atoms with van der Waals surface area (Å²) < 4.78 is 5.38. The van der Waals surface area contributed by atoms with Crippen LogP contribution in [0.2, 0.25) is 0 Å². The molecule has 2 N–H and O–H groups in total.